The third kappa shape index (κ3) is 4.39. The number of hydrogen-bond donors (Lipinski definition) is 1. The van der Waals surface area contributed by atoms with Crippen molar-refractivity contribution in [2.24, 2.45) is 0 Å². The summed E-state index contributed by atoms with van der Waals surface area (Å²) in [6, 6.07) is 11.8. The maximum absolute atomic E-state index is 12.7. The molecule has 0 unspecified atom stereocenters. The summed E-state index contributed by atoms with van der Waals surface area (Å²) in [5.41, 5.74) is 4.82. The highest BCUT2D eigenvalue weighted by Gasteiger charge is 2.15. The molecule has 1 aromatic heterocycles. The Labute approximate surface area is 169 Å². The highest BCUT2D eigenvalue weighted by molar-refractivity contribution is 7.18. The van der Waals surface area contributed by atoms with Gasteiger partial charge in [-0.2, -0.15) is 0 Å². The van der Waals surface area contributed by atoms with Gasteiger partial charge < -0.3 is 4.74 Å². The van der Waals surface area contributed by atoms with E-state index in [1.54, 1.807) is 7.11 Å². The Morgan fingerprint density at radius 3 is 2.54 bits per heavy atom. The molecule has 28 heavy (non-hydrogen) atoms. The quantitative estimate of drug-likeness (QED) is 0.580. The Hall–Kier alpha value is -2.73. The van der Waals surface area contributed by atoms with Crippen molar-refractivity contribution >= 4 is 22.4 Å². The molecule has 1 N–H and O–H groups in total. The number of methoxy groups -OCH3 is 1. The number of aromatic nitrogens is 2. The minimum atomic E-state index is -0.142. The third-order valence-electron chi connectivity index (χ3n) is 4.62. The lowest BCUT2D eigenvalue weighted by atomic mass is 10.0. The number of rotatable bonds is 7. The number of amides is 1. The molecule has 1 heterocycles. The number of anilines is 1. The van der Waals surface area contributed by atoms with Crippen molar-refractivity contribution < 1.29 is 9.53 Å². The van der Waals surface area contributed by atoms with Crippen LogP contribution in [0, 0.1) is 13.8 Å². The summed E-state index contributed by atoms with van der Waals surface area (Å²) in [7, 11) is 1.67. The molecule has 0 fully saturated rings. The van der Waals surface area contributed by atoms with Crippen LogP contribution in [-0.4, -0.2) is 23.2 Å². The molecule has 3 aromatic rings. The highest BCUT2D eigenvalue weighted by atomic mass is 32.1. The first kappa shape index (κ1) is 20.0. The van der Waals surface area contributed by atoms with E-state index in [1.807, 2.05) is 50.2 Å². The van der Waals surface area contributed by atoms with Crippen LogP contribution in [0.1, 0.15) is 46.8 Å². The topological polar surface area (TPSA) is 64.1 Å². The fourth-order valence-corrected chi connectivity index (χ4v) is 4.00. The molecule has 0 radical (unpaired) electrons. The molecule has 2 aromatic carbocycles. The van der Waals surface area contributed by atoms with Gasteiger partial charge in [0.1, 0.15) is 10.8 Å². The molecule has 0 aliphatic carbocycles. The van der Waals surface area contributed by atoms with Gasteiger partial charge in [-0.05, 0) is 61.6 Å². The van der Waals surface area contributed by atoms with Crippen molar-refractivity contribution in [3.8, 4) is 16.3 Å². The number of benzene rings is 2. The van der Waals surface area contributed by atoms with Gasteiger partial charge in [-0.1, -0.05) is 42.9 Å². The zero-order valence-corrected chi connectivity index (χ0v) is 17.5. The number of nitrogens with zero attached hydrogens (tertiary/aromatic N) is 2. The number of unbranched alkanes of at least 4 members (excludes halogenated alkanes) is 1. The summed E-state index contributed by atoms with van der Waals surface area (Å²) in [6.45, 7) is 6.16. The van der Waals surface area contributed by atoms with E-state index in [9.17, 15) is 4.79 Å². The van der Waals surface area contributed by atoms with Crippen molar-refractivity contribution in [3.05, 3.63) is 58.7 Å². The molecule has 0 spiro atoms. The standard InChI is InChI=1S/C22H25N3O2S/c1-5-6-9-16-10-7-8-11-18(16)20(26)23-22-25-24-21(28-22)17-12-14(2)19(27-4)15(3)13-17/h7-8,10-13H,5-6,9H2,1-4H3,(H,23,25,26). The van der Waals surface area contributed by atoms with Gasteiger partial charge in [0.15, 0.2) is 0 Å². The lowest BCUT2D eigenvalue weighted by molar-refractivity contribution is 0.102. The number of ether oxygens (including phenoxy) is 1. The molecule has 0 saturated heterocycles. The minimum absolute atomic E-state index is 0.142. The van der Waals surface area contributed by atoms with Gasteiger partial charge in [0.2, 0.25) is 5.13 Å². The maximum atomic E-state index is 12.7. The van der Waals surface area contributed by atoms with E-state index < -0.39 is 0 Å². The van der Waals surface area contributed by atoms with Gasteiger partial charge in [-0.15, -0.1) is 10.2 Å². The average molecular weight is 396 g/mol. The van der Waals surface area contributed by atoms with Gasteiger partial charge >= 0.3 is 0 Å². The van der Waals surface area contributed by atoms with Crippen molar-refractivity contribution in [1.82, 2.24) is 10.2 Å². The van der Waals surface area contributed by atoms with Crippen LogP contribution in [0.5, 0.6) is 5.75 Å². The zero-order chi connectivity index (χ0) is 20.1. The van der Waals surface area contributed by atoms with Crippen LogP contribution >= 0.6 is 11.3 Å². The van der Waals surface area contributed by atoms with Crippen molar-refractivity contribution in [2.75, 3.05) is 12.4 Å². The molecule has 0 bridgehead atoms. The predicted molar refractivity (Wildman–Crippen MR) is 114 cm³/mol. The summed E-state index contributed by atoms with van der Waals surface area (Å²) in [6.07, 6.45) is 3.05. The number of aryl methyl sites for hydroxylation is 3. The number of carbonyl (C=O) groups excluding carboxylic acids is 1. The zero-order valence-electron chi connectivity index (χ0n) is 16.7. The summed E-state index contributed by atoms with van der Waals surface area (Å²) >= 11 is 1.37. The Bertz CT molecular complexity index is 958. The largest absolute Gasteiger partial charge is 0.496 e. The van der Waals surface area contributed by atoms with E-state index in [-0.39, 0.29) is 5.91 Å². The van der Waals surface area contributed by atoms with Gasteiger partial charge in [-0.25, -0.2) is 0 Å². The highest BCUT2D eigenvalue weighted by Crippen LogP contribution is 2.32. The summed E-state index contributed by atoms with van der Waals surface area (Å²) in [5, 5.41) is 12.6. The van der Waals surface area contributed by atoms with Crippen LogP contribution in [0.15, 0.2) is 36.4 Å². The van der Waals surface area contributed by atoms with Crippen molar-refractivity contribution in [3.63, 3.8) is 0 Å². The van der Waals surface area contributed by atoms with Crippen LogP contribution in [0.3, 0.4) is 0 Å². The Morgan fingerprint density at radius 2 is 1.86 bits per heavy atom. The second-order valence-corrected chi connectivity index (χ2v) is 7.75. The second-order valence-electron chi connectivity index (χ2n) is 6.77. The first-order valence-corrected chi connectivity index (χ1v) is 10.2. The molecule has 146 valence electrons. The molecule has 3 rings (SSSR count). The molecule has 5 nitrogen and oxygen atoms in total. The van der Waals surface area contributed by atoms with Crippen LogP contribution in [0.4, 0.5) is 5.13 Å². The van der Waals surface area contributed by atoms with E-state index in [2.05, 4.69) is 22.4 Å². The average Bonchev–Trinajstić information content (AvgIpc) is 3.14. The molecular formula is C22H25N3O2S. The number of nitrogens with one attached hydrogen (secondary N) is 1. The van der Waals surface area contributed by atoms with Gasteiger partial charge in [0.25, 0.3) is 5.91 Å². The lowest BCUT2D eigenvalue weighted by Gasteiger charge is -2.09. The maximum Gasteiger partial charge on any atom is 0.257 e. The van der Waals surface area contributed by atoms with E-state index in [4.69, 9.17) is 4.74 Å². The van der Waals surface area contributed by atoms with E-state index in [0.717, 1.165) is 52.3 Å². The second kappa shape index (κ2) is 8.97. The Kier molecular flexibility index (Phi) is 6.41. The predicted octanol–water partition coefficient (Wildman–Crippen LogP) is 5.43. The minimum Gasteiger partial charge on any atom is -0.496 e. The summed E-state index contributed by atoms with van der Waals surface area (Å²) < 4.78 is 5.42. The third-order valence-corrected chi connectivity index (χ3v) is 5.51. The summed E-state index contributed by atoms with van der Waals surface area (Å²) in [5.74, 6) is 0.738. The van der Waals surface area contributed by atoms with E-state index >= 15 is 0 Å². The van der Waals surface area contributed by atoms with Crippen LogP contribution in [0.25, 0.3) is 10.6 Å². The molecule has 0 atom stereocenters. The van der Waals surface area contributed by atoms with Gasteiger partial charge in [0, 0.05) is 11.1 Å². The summed E-state index contributed by atoms with van der Waals surface area (Å²) in [4.78, 5) is 12.7. The lowest BCUT2D eigenvalue weighted by Crippen LogP contribution is -2.14. The molecule has 0 saturated carbocycles. The smallest absolute Gasteiger partial charge is 0.257 e. The molecule has 0 aliphatic rings. The molecule has 6 heteroatoms. The van der Waals surface area contributed by atoms with E-state index in [1.165, 1.54) is 11.3 Å². The normalized spacial score (nSPS) is 10.7. The first-order chi connectivity index (χ1) is 13.5. The van der Waals surface area contributed by atoms with Crippen LogP contribution in [0.2, 0.25) is 0 Å². The fourth-order valence-electron chi connectivity index (χ4n) is 3.28. The molecule has 0 aliphatic heterocycles. The van der Waals surface area contributed by atoms with Crippen LogP contribution < -0.4 is 10.1 Å². The number of hydrogen-bond acceptors (Lipinski definition) is 5. The molecular weight excluding hydrogens is 370 g/mol. The SMILES string of the molecule is CCCCc1ccccc1C(=O)Nc1nnc(-c2cc(C)c(OC)c(C)c2)s1. The van der Waals surface area contributed by atoms with E-state index in [0.29, 0.717) is 10.7 Å². The van der Waals surface area contributed by atoms with Crippen molar-refractivity contribution in [2.45, 2.75) is 40.0 Å². The van der Waals surface area contributed by atoms with Gasteiger partial charge in [0.05, 0.1) is 7.11 Å². The first-order valence-electron chi connectivity index (χ1n) is 9.41. The van der Waals surface area contributed by atoms with Crippen LogP contribution in [-0.2, 0) is 6.42 Å². The fraction of sp³-hybridized carbons (Fsp3) is 0.318. The van der Waals surface area contributed by atoms with Gasteiger partial charge in [-0.3, -0.25) is 10.1 Å². The Balaban J connectivity index is 1.79. The molecule has 1 amide bonds. The van der Waals surface area contributed by atoms with Crippen molar-refractivity contribution in [1.29, 1.82) is 0 Å². The number of carbonyl (C=O) groups is 1. The monoisotopic (exact) mass is 395 g/mol. The Morgan fingerprint density at radius 1 is 1.14 bits per heavy atom.